The molecule has 15 heavy (non-hydrogen) atoms. The van der Waals surface area contributed by atoms with Crippen LogP contribution in [0.15, 0.2) is 0 Å². The number of carboxylic acids is 1. The summed E-state index contributed by atoms with van der Waals surface area (Å²) in [5.74, 6) is -3.41. The molecule has 2 N–H and O–H groups in total. The molecule has 0 amide bonds. The highest BCUT2D eigenvalue weighted by Crippen LogP contribution is 2.29. The molecule has 2 atom stereocenters. The van der Waals surface area contributed by atoms with Gasteiger partial charge in [0.1, 0.15) is 6.04 Å². The van der Waals surface area contributed by atoms with E-state index >= 15 is 0 Å². The Bertz CT molecular complexity index is 233. The van der Waals surface area contributed by atoms with Crippen LogP contribution in [0.25, 0.3) is 0 Å². The van der Waals surface area contributed by atoms with Gasteiger partial charge >= 0.3 is 5.97 Å². The van der Waals surface area contributed by atoms with Gasteiger partial charge in [0.15, 0.2) is 0 Å². The average Bonchev–Trinajstić information content (AvgIpc) is 2.63. The predicted octanol–water partition coefficient (Wildman–Crippen LogP) is 1.87. The number of carboxylic acid groups (broad SMARTS) is 1. The summed E-state index contributed by atoms with van der Waals surface area (Å²) in [7, 11) is 0. The van der Waals surface area contributed by atoms with Crippen LogP contribution in [-0.2, 0) is 4.79 Å². The van der Waals surface area contributed by atoms with Crippen molar-refractivity contribution in [3.8, 4) is 0 Å². The highest BCUT2D eigenvalue weighted by atomic mass is 19.3. The molecule has 0 aromatic rings. The Kier molecular flexibility index (Phi) is 4.02. The van der Waals surface area contributed by atoms with Crippen molar-refractivity contribution in [2.75, 3.05) is 6.54 Å². The molecule has 0 aromatic carbocycles. The lowest BCUT2D eigenvalue weighted by atomic mass is 9.97. The quantitative estimate of drug-likeness (QED) is 0.745. The Morgan fingerprint density at radius 2 is 2.27 bits per heavy atom. The van der Waals surface area contributed by atoms with Gasteiger partial charge in [-0.3, -0.25) is 4.79 Å². The van der Waals surface area contributed by atoms with Crippen LogP contribution in [0.4, 0.5) is 8.78 Å². The van der Waals surface area contributed by atoms with Crippen LogP contribution in [0, 0.1) is 5.92 Å². The fourth-order valence-electron chi connectivity index (χ4n) is 1.81. The fourth-order valence-corrected chi connectivity index (χ4v) is 1.81. The molecule has 1 fully saturated rings. The first-order valence-corrected chi connectivity index (χ1v) is 5.28. The molecule has 0 bridgehead atoms. The van der Waals surface area contributed by atoms with Gasteiger partial charge in [-0.25, -0.2) is 8.78 Å². The molecule has 0 radical (unpaired) electrons. The molecule has 0 spiro atoms. The van der Waals surface area contributed by atoms with Crippen LogP contribution < -0.4 is 5.32 Å². The Morgan fingerprint density at radius 3 is 2.73 bits per heavy atom. The van der Waals surface area contributed by atoms with Crippen molar-refractivity contribution in [3.63, 3.8) is 0 Å². The van der Waals surface area contributed by atoms with E-state index in [0.717, 1.165) is 0 Å². The molecule has 1 heterocycles. The lowest BCUT2D eigenvalue weighted by Gasteiger charge is -2.16. The van der Waals surface area contributed by atoms with Gasteiger partial charge in [-0.2, -0.15) is 0 Å². The van der Waals surface area contributed by atoms with Crippen molar-refractivity contribution < 1.29 is 18.7 Å². The van der Waals surface area contributed by atoms with Crippen LogP contribution >= 0.6 is 0 Å². The Balaban J connectivity index is 2.28. The van der Waals surface area contributed by atoms with Gasteiger partial charge in [0.05, 0.1) is 0 Å². The number of carbonyl (C=O) groups is 1. The zero-order chi connectivity index (χ0) is 11.5. The monoisotopic (exact) mass is 221 g/mol. The maximum Gasteiger partial charge on any atom is 0.320 e. The van der Waals surface area contributed by atoms with Gasteiger partial charge in [0.2, 0.25) is 5.92 Å². The first-order valence-electron chi connectivity index (χ1n) is 5.28. The maximum atomic E-state index is 12.9. The van der Waals surface area contributed by atoms with E-state index in [-0.39, 0.29) is 18.8 Å². The van der Waals surface area contributed by atoms with E-state index in [1.807, 2.05) is 0 Å². The highest BCUT2D eigenvalue weighted by molar-refractivity contribution is 5.73. The molecule has 0 aromatic heterocycles. The third-order valence-electron chi connectivity index (χ3n) is 2.96. The Hall–Kier alpha value is -0.710. The van der Waals surface area contributed by atoms with Crippen molar-refractivity contribution in [2.24, 2.45) is 5.92 Å². The van der Waals surface area contributed by atoms with E-state index in [4.69, 9.17) is 5.11 Å². The molecular formula is C10H17F2NO2. The highest BCUT2D eigenvalue weighted by Gasteiger charge is 2.32. The summed E-state index contributed by atoms with van der Waals surface area (Å²) < 4.78 is 25.9. The third kappa shape index (κ3) is 3.74. The molecule has 1 aliphatic rings. The van der Waals surface area contributed by atoms with Gasteiger partial charge in [0, 0.05) is 12.8 Å². The fraction of sp³-hybridized carbons (Fsp3) is 0.900. The molecular weight excluding hydrogens is 204 g/mol. The molecule has 2 unspecified atom stereocenters. The molecule has 88 valence electrons. The van der Waals surface area contributed by atoms with Crippen LogP contribution in [0.1, 0.15) is 32.6 Å². The Morgan fingerprint density at radius 1 is 1.60 bits per heavy atom. The average molecular weight is 221 g/mol. The van der Waals surface area contributed by atoms with Crippen LogP contribution in [0.2, 0.25) is 0 Å². The second-order valence-electron chi connectivity index (χ2n) is 4.15. The zero-order valence-corrected chi connectivity index (χ0v) is 8.80. The number of rotatable bonds is 5. The molecule has 1 saturated heterocycles. The summed E-state index contributed by atoms with van der Waals surface area (Å²) >= 11 is 0. The summed E-state index contributed by atoms with van der Waals surface area (Å²) in [6.07, 6.45) is 0.588. The van der Waals surface area contributed by atoms with Crippen LogP contribution in [-0.4, -0.2) is 29.6 Å². The largest absolute Gasteiger partial charge is 0.480 e. The van der Waals surface area contributed by atoms with Crippen molar-refractivity contribution >= 4 is 5.97 Å². The summed E-state index contributed by atoms with van der Waals surface area (Å²) in [5, 5.41) is 11.5. The number of alkyl halides is 2. The maximum absolute atomic E-state index is 12.9. The summed E-state index contributed by atoms with van der Waals surface area (Å²) in [6, 6.07) is -0.551. The summed E-state index contributed by atoms with van der Waals surface area (Å²) in [6.45, 7) is 2.00. The van der Waals surface area contributed by atoms with Crippen LogP contribution in [0.3, 0.4) is 0 Å². The summed E-state index contributed by atoms with van der Waals surface area (Å²) in [4.78, 5) is 10.6. The molecule has 5 heteroatoms. The van der Waals surface area contributed by atoms with Gasteiger partial charge < -0.3 is 10.4 Å². The molecule has 0 saturated carbocycles. The summed E-state index contributed by atoms with van der Waals surface area (Å²) in [5.41, 5.74) is 0. The number of nitrogens with one attached hydrogen (secondary N) is 1. The van der Waals surface area contributed by atoms with E-state index < -0.39 is 17.9 Å². The number of hydrogen-bond acceptors (Lipinski definition) is 2. The van der Waals surface area contributed by atoms with E-state index in [2.05, 4.69) is 5.32 Å². The minimum absolute atomic E-state index is 0.0727. The van der Waals surface area contributed by atoms with E-state index in [1.54, 1.807) is 0 Å². The minimum atomic E-state index is -2.60. The molecule has 1 aliphatic heterocycles. The molecule has 3 nitrogen and oxygen atoms in total. The van der Waals surface area contributed by atoms with Gasteiger partial charge in [-0.05, 0) is 25.3 Å². The lowest BCUT2D eigenvalue weighted by Crippen LogP contribution is -2.29. The normalized spacial score (nSPS) is 26.9. The second-order valence-corrected chi connectivity index (χ2v) is 4.15. The van der Waals surface area contributed by atoms with Crippen molar-refractivity contribution in [1.82, 2.24) is 5.32 Å². The number of hydrogen-bond donors (Lipinski definition) is 2. The van der Waals surface area contributed by atoms with Gasteiger partial charge in [-0.15, -0.1) is 0 Å². The second kappa shape index (κ2) is 4.88. The molecule has 0 aliphatic carbocycles. The minimum Gasteiger partial charge on any atom is -0.480 e. The Labute approximate surface area is 87.9 Å². The first-order chi connectivity index (χ1) is 6.94. The smallest absolute Gasteiger partial charge is 0.320 e. The zero-order valence-electron chi connectivity index (χ0n) is 8.80. The number of halogens is 2. The van der Waals surface area contributed by atoms with Gasteiger partial charge in [0.25, 0.3) is 0 Å². The van der Waals surface area contributed by atoms with E-state index in [0.29, 0.717) is 19.4 Å². The van der Waals surface area contributed by atoms with E-state index in [1.165, 1.54) is 6.92 Å². The van der Waals surface area contributed by atoms with E-state index in [9.17, 15) is 13.6 Å². The van der Waals surface area contributed by atoms with Crippen molar-refractivity contribution in [3.05, 3.63) is 0 Å². The molecule has 1 rings (SSSR count). The SMILES string of the molecule is CCC(F)(F)CCC1CNC(C(=O)O)C1. The predicted molar refractivity (Wildman–Crippen MR) is 52.0 cm³/mol. The van der Waals surface area contributed by atoms with Gasteiger partial charge in [-0.1, -0.05) is 6.92 Å². The topological polar surface area (TPSA) is 49.3 Å². The third-order valence-corrected chi connectivity index (χ3v) is 2.96. The van der Waals surface area contributed by atoms with Crippen molar-refractivity contribution in [1.29, 1.82) is 0 Å². The standard InChI is InChI=1S/C10H17F2NO2/c1-2-10(11,12)4-3-7-5-8(9(14)15)13-6-7/h7-8,13H,2-6H2,1H3,(H,14,15). The van der Waals surface area contributed by atoms with Crippen LogP contribution in [0.5, 0.6) is 0 Å². The first kappa shape index (κ1) is 12.4. The number of aliphatic carboxylic acids is 1. The lowest BCUT2D eigenvalue weighted by molar-refractivity contribution is -0.139. The van der Waals surface area contributed by atoms with Crippen molar-refractivity contribution in [2.45, 2.75) is 44.6 Å².